The van der Waals surface area contributed by atoms with E-state index in [9.17, 15) is 9.59 Å². The molecule has 2 aliphatic rings. The Balaban J connectivity index is 1.48. The quantitative estimate of drug-likeness (QED) is 0.724. The monoisotopic (exact) mass is 406 g/mol. The summed E-state index contributed by atoms with van der Waals surface area (Å²) in [5.74, 6) is 0.315. The van der Waals surface area contributed by atoms with Crippen molar-refractivity contribution in [1.82, 2.24) is 9.80 Å². The molecule has 0 aromatic heterocycles. The average Bonchev–Trinajstić information content (AvgIpc) is 2.67. The summed E-state index contributed by atoms with van der Waals surface area (Å²) in [5.41, 5.74) is 0.991. The largest absolute Gasteiger partial charge is 0.381 e. The molecular formula is C19H23BrN2O3. The van der Waals surface area contributed by atoms with Crippen LogP contribution in [0.15, 0.2) is 34.8 Å². The van der Waals surface area contributed by atoms with Gasteiger partial charge in [0.05, 0.1) is 0 Å². The second-order valence-corrected chi connectivity index (χ2v) is 7.34. The van der Waals surface area contributed by atoms with Crippen molar-refractivity contribution >= 4 is 33.8 Å². The number of hydrogen-bond donors (Lipinski definition) is 0. The second-order valence-electron chi connectivity index (χ2n) is 6.42. The van der Waals surface area contributed by atoms with Gasteiger partial charge in [-0.1, -0.05) is 28.1 Å². The van der Waals surface area contributed by atoms with Crippen LogP contribution < -0.4 is 0 Å². The third kappa shape index (κ3) is 4.92. The number of amides is 2. The smallest absolute Gasteiger partial charge is 0.246 e. The number of carbonyl (C=O) groups is 2. The van der Waals surface area contributed by atoms with Gasteiger partial charge >= 0.3 is 0 Å². The molecule has 1 aromatic carbocycles. The molecule has 0 atom stereocenters. The minimum absolute atomic E-state index is 0.00100. The average molecular weight is 407 g/mol. The predicted molar refractivity (Wildman–Crippen MR) is 99.9 cm³/mol. The van der Waals surface area contributed by atoms with Gasteiger partial charge in [-0.3, -0.25) is 9.59 Å². The van der Waals surface area contributed by atoms with E-state index in [2.05, 4.69) is 15.9 Å². The van der Waals surface area contributed by atoms with Crippen LogP contribution in [0.3, 0.4) is 0 Å². The Kier molecular flexibility index (Phi) is 6.26. The first-order valence-corrected chi connectivity index (χ1v) is 9.52. The number of halogens is 1. The summed E-state index contributed by atoms with van der Waals surface area (Å²) in [6, 6.07) is 7.81. The van der Waals surface area contributed by atoms with Crippen LogP contribution in [0, 0.1) is 5.92 Å². The summed E-state index contributed by atoms with van der Waals surface area (Å²) >= 11 is 3.40. The van der Waals surface area contributed by atoms with Crippen molar-refractivity contribution in [2.24, 2.45) is 5.92 Å². The molecule has 0 saturated carbocycles. The Labute approximate surface area is 156 Å². The molecule has 2 heterocycles. The number of benzene rings is 1. The Bertz CT molecular complexity index is 631. The fourth-order valence-corrected chi connectivity index (χ4v) is 3.46. The zero-order chi connectivity index (χ0) is 17.6. The second kappa shape index (κ2) is 8.63. The lowest BCUT2D eigenvalue weighted by Gasteiger charge is -2.36. The highest BCUT2D eigenvalue weighted by atomic mass is 79.9. The number of ether oxygens (including phenoxy) is 1. The summed E-state index contributed by atoms with van der Waals surface area (Å²) in [7, 11) is 0. The molecule has 5 nitrogen and oxygen atoms in total. The summed E-state index contributed by atoms with van der Waals surface area (Å²) < 4.78 is 6.34. The normalized spacial score (nSPS) is 19.4. The minimum atomic E-state index is 0.00100. The molecule has 2 saturated heterocycles. The van der Waals surface area contributed by atoms with Crippen LogP contribution in [0.5, 0.6) is 0 Å². The highest BCUT2D eigenvalue weighted by molar-refractivity contribution is 9.10. The van der Waals surface area contributed by atoms with Gasteiger partial charge in [0.15, 0.2) is 0 Å². The molecule has 134 valence electrons. The van der Waals surface area contributed by atoms with E-state index in [1.54, 1.807) is 6.08 Å². The van der Waals surface area contributed by atoms with Crippen molar-refractivity contribution in [3.63, 3.8) is 0 Å². The molecule has 0 unspecified atom stereocenters. The Hall–Kier alpha value is -1.66. The molecule has 0 spiro atoms. The molecule has 1 aromatic rings. The topological polar surface area (TPSA) is 49.9 Å². The summed E-state index contributed by atoms with van der Waals surface area (Å²) in [6.07, 6.45) is 5.06. The SMILES string of the molecule is O=C(/C=C/c1ccc(Br)cc1)N1CCN(C(=O)C2CCOCC2)CC1. The summed E-state index contributed by atoms with van der Waals surface area (Å²) in [6.45, 7) is 3.78. The molecule has 0 bridgehead atoms. The molecule has 2 aliphatic heterocycles. The Morgan fingerprint density at radius 3 is 2.24 bits per heavy atom. The van der Waals surface area contributed by atoms with Crippen molar-refractivity contribution in [1.29, 1.82) is 0 Å². The first-order chi connectivity index (χ1) is 12.1. The van der Waals surface area contributed by atoms with Crippen LogP contribution >= 0.6 is 15.9 Å². The first kappa shape index (κ1) is 18.1. The molecule has 0 N–H and O–H groups in total. The van der Waals surface area contributed by atoms with E-state index < -0.39 is 0 Å². The van der Waals surface area contributed by atoms with Crippen molar-refractivity contribution in [3.8, 4) is 0 Å². The standard InChI is InChI=1S/C19H23BrN2O3/c20-17-4-1-15(2-5-17)3-6-18(23)21-9-11-22(12-10-21)19(24)16-7-13-25-14-8-16/h1-6,16H,7-14H2/b6-3+. The third-order valence-corrected chi connectivity index (χ3v) is 5.29. The van der Waals surface area contributed by atoms with E-state index in [1.165, 1.54) is 0 Å². The van der Waals surface area contributed by atoms with Crippen molar-refractivity contribution in [3.05, 3.63) is 40.4 Å². The van der Waals surface area contributed by atoms with Crippen LogP contribution in [-0.2, 0) is 14.3 Å². The van der Waals surface area contributed by atoms with E-state index >= 15 is 0 Å². The van der Waals surface area contributed by atoms with E-state index in [0.717, 1.165) is 22.9 Å². The van der Waals surface area contributed by atoms with Crippen LogP contribution in [0.2, 0.25) is 0 Å². The van der Waals surface area contributed by atoms with Crippen LogP contribution in [0.4, 0.5) is 0 Å². The van der Waals surface area contributed by atoms with Crippen molar-refractivity contribution in [2.75, 3.05) is 39.4 Å². The van der Waals surface area contributed by atoms with E-state index in [-0.39, 0.29) is 17.7 Å². The van der Waals surface area contributed by atoms with Crippen LogP contribution in [0.25, 0.3) is 6.08 Å². The van der Waals surface area contributed by atoms with E-state index in [4.69, 9.17) is 4.74 Å². The van der Waals surface area contributed by atoms with Crippen molar-refractivity contribution < 1.29 is 14.3 Å². The lowest BCUT2D eigenvalue weighted by atomic mass is 9.98. The summed E-state index contributed by atoms with van der Waals surface area (Å²) in [5, 5.41) is 0. The Morgan fingerprint density at radius 2 is 1.60 bits per heavy atom. The highest BCUT2D eigenvalue weighted by Gasteiger charge is 2.29. The predicted octanol–water partition coefficient (Wildman–Crippen LogP) is 2.56. The first-order valence-electron chi connectivity index (χ1n) is 8.72. The molecule has 3 rings (SSSR count). The van der Waals surface area contributed by atoms with Gasteiger partial charge in [-0.05, 0) is 36.6 Å². The van der Waals surface area contributed by atoms with Gasteiger partial charge in [0, 0.05) is 55.9 Å². The lowest BCUT2D eigenvalue weighted by molar-refractivity contribution is -0.142. The third-order valence-electron chi connectivity index (χ3n) is 4.76. The molecule has 2 fully saturated rings. The maximum atomic E-state index is 12.5. The van der Waals surface area contributed by atoms with Crippen LogP contribution in [0.1, 0.15) is 18.4 Å². The molecule has 2 amide bonds. The number of hydrogen-bond acceptors (Lipinski definition) is 3. The van der Waals surface area contributed by atoms with E-state index in [1.807, 2.05) is 40.1 Å². The minimum Gasteiger partial charge on any atom is -0.381 e. The molecule has 25 heavy (non-hydrogen) atoms. The molecular weight excluding hydrogens is 384 g/mol. The molecule has 6 heteroatoms. The zero-order valence-corrected chi connectivity index (χ0v) is 15.8. The number of nitrogens with zero attached hydrogens (tertiary/aromatic N) is 2. The maximum absolute atomic E-state index is 12.5. The van der Waals surface area contributed by atoms with Gasteiger partial charge in [-0.2, -0.15) is 0 Å². The van der Waals surface area contributed by atoms with Gasteiger partial charge in [0.1, 0.15) is 0 Å². The fraction of sp³-hybridized carbons (Fsp3) is 0.474. The zero-order valence-electron chi connectivity index (χ0n) is 14.2. The highest BCUT2D eigenvalue weighted by Crippen LogP contribution is 2.19. The van der Waals surface area contributed by atoms with Crippen molar-refractivity contribution in [2.45, 2.75) is 12.8 Å². The van der Waals surface area contributed by atoms with Crippen LogP contribution in [-0.4, -0.2) is 61.0 Å². The van der Waals surface area contributed by atoms with Gasteiger partial charge < -0.3 is 14.5 Å². The molecule has 0 aliphatic carbocycles. The Morgan fingerprint density at radius 1 is 1.00 bits per heavy atom. The van der Waals surface area contributed by atoms with Gasteiger partial charge in [-0.15, -0.1) is 0 Å². The number of piperazine rings is 1. The lowest BCUT2D eigenvalue weighted by Crippen LogP contribution is -2.52. The summed E-state index contributed by atoms with van der Waals surface area (Å²) in [4.78, 5) is 28.6. The van der Waals surface area contributed by atoms with Gasteiger partial charge in [0.25, 0.3) is 0 Å². The maximum Gasteiger partial charge on any atom is 0.246 e. The number of carbonyl (C=O) groups excluding carboxylic acids is 2. The van der Waals surface area contributed by atoms with Gasteiger partial charge in [0.2, 0.25) is 11.8 Å². The number of rotatable bonds is 3. The fourth-order valence-electron chi connectivity index (χ4n) is 3.20. The van der Waals surface area contributed by atoms with Gasteiger partial charge in [-0.25, -0.2) is 0 Å². The van der Waals surface area contributed by atoms with E-state index in [0.29, 0.717) is 39.4 Å². The molecule has 0 radical (unpaired) electrons.